The Morgan fingerprint density at radius 1 is 1.17 bits per heavy atom. The molecule has 126 valence electrons. The third-order valence-electron chi connectivity index (χ3n) is 4.14. The lowest BCUT2D eigenvalue weighted by molar-refractivity contribution is -0.115. The number of aryl methyl sites for hydroxylation is 1. The first-order valence-electron chi connectivity index (χ1n) is 8.09. The summed E-state index contributed by atoms with van der Waals surface area (Å²) in [4.78, 5) is 14.5. The molecule has 0 spiro atoms. The second-order valence-corrected chi connectivity index (χ2v) is 5.95. The van der Waals surface area contributed by atoms with Crippen LogP contribution in [0.15, 0.2) is 42.5 Å². The number of nitrogens with zero attached hydrogens (tertiary/aromatic N) is 1. The SMILES string of the molecule is Cc1cc(N2CCOCC2)ccc1NC(=O)Cc1ccc(F)cc1. The summed E-state index contributed by atoms with van der Waals surface area (Å²) in [7, 11) is 0. The molecule has 5 heteroatoms. The van der Waals surface area contributed by atoms with E-state index in [4.69, 9.17) is 4.74 Å². The average molecular weight is 328 g/mol. The average Bonchev–Trinajstić information content (AvgIpc) is 2.59. The van der Waals surface area contributed by atoms with Crippen LogP contribution in [-0.4, -0.2) is 32.2 Å². The highest BCUT2D eigenvalue weighted by atomic mass is 19.1. The Morgan fingerprint density at radius 2 is 1.88 bits per heavy atom. The molecule has 0 aromatic heterocycles. The molecule has 1 aliphatic rings. The van der Waals surface area contributed by atoms with Crippen LogP contribution >= 0.6 is 0 Å². The Kier molecular flexibility index (Phi) is 5.11. The minimum atomic E-state index is -0.297. The van der Waals surface area contributed by atoms with Crippen LogP contribution < -0.4 is 10.2 Å². The maximum absolute atomic E-state index is 12.9. The summed E-state index contributed by atoms with van der Waals surface area (Å²) in [6, 6.07) is 12.0. The van der Waals surface area contributed by atoms with Crippen LogP contribution in [0.3, 0.4) is 0 Å². The van der Waals surface area contributed by atoms with Gasteiger partial charge in [0.05, 0.1) is 19.6 Å². The molecule has 0 bridgehead atoms. The predicted octanol–water partition coefficient (Wildman–Crippen LogP) is 3.15. The number of hydrogen-bond donors (Lipinski definition) is 1. The molecule has 2 aromatic carbocycles. The number of morpholine rings is 1. The zero-order chi connectivity index (χ0) is 16.9. The van der Waals surface area contributed by atoms with Crippen molar-refractivity contribution in [1.82, 2.24) is 0 Å². The topological polar surface area (TPSA) is 41.6 Å². The number of halogens is 1. The Bertz CT molecular complexity index is 710. The molecule has 1 aliphatic heterocycles. The van der Waals surface area contributed by atoms with E-state index < -0.39 is 0 Å². The van der Waals surface area contributed by atoms with E-state index in [-0.39, 0.29) is 18.1 Å². The van der Waals surface area contributed by atoms with E-state index in [2.05, 4.69) is 16.3 Å². The maximum atomic E-state index is 12.9. The van der Waals surface area contributed by atoms with E-state index in [0.717, 1.165) is 48.8 Å². The van der Waals surface area contributed by atoms with Crippen molar-refractivity contribution in [3.63, 3.8) is 0 Å². The number of hydrogen-bond acceptors (Lipinski definition) is 3. The van der Waals surface area contributed by atoms with Gasteiger partial charge >= 0.3 is 0 Å². The standard InChI is InChI=1S/C19H21FN2O2/c1-14-12-17(22-8-10-24-11-9-22)6-7-18(14)21-19(23)13-15-2-4-16(20)5-3-15/h2-7,12H,8-11,13H2,1H3,(H,21,23). The predicted molar refractivity (Wildman–Crippen MR) is 92.9 cm³/mol. The Labute approximate surface area is 141 Å². The van der Waals surface area contributed by atoms with Gasteiger partial charge < -0.3 is 15.0 Å². The number of anilines is 2. The minimum absolute atomic E-state index is 0.108. The van der Waals surface area contributed by atoms with Crippen molar-refractivity contribution in [2.24, 2.45) is 0 Å². The van der Waals surface area contributed by atoms with Gasteiger partial charge in [-0.2, -0.15) is 0 Å². The van der Waals surface area contributed by atoms with Gasteiger partial charge in [0.2, 0.25) is 5.91 Å². The Hall–Kier alpha value is -2.40. The third kappa shape index (κ3) is 4.11. The fraction of sp³-hybridized carbons (Fsp3) is 0.316. The first kappa shape index (κ1) is 16.5. The molecule has 24 heavy (non-hydrogen) atoms. The number of rotatable bonds is 4. The largest absolute Gasteiger partial charge is 0.378 e. The number of carbonyl (C=O) groups excluding carboxylic acids is 1. The molecule has 1 N–H and O–H groups in total. The van der Waals surface area contributed by atoms with Crippen LogP contribution in [0.25, 0.3) is 0 Å². The lowest BCUT2D eigenvalue weighted by atomic mass is 10.1. The summed E-state index contributed by atoms with van der Waals surface area (Å²) in [5.41, 5.74) is 3.76. The third-order valence-corrected chi connectivity index (χ3v) is 4.14. The molecule has 1 amide bonds. The van der Waals surface area contributed by atoms with Crippen molar-refractivity contribution in [3.8, 4) is 0 Å². The van der Waals surface area contributed by atoms with Crippen LogP contribution in [0.1, 0.15) is 11.1 Å². The maximum Gasteiger partial charge on any atom is 0.228 e. The van der Waals surface area contributed by atoms with Crippen molar-refractivity contribution >= 4 is 17.3 Å². The molecule has 2 aromatic rings. The summed E-state index contributed by atoms with van der Waals surface area (Å²) in [5.74, 6) is -0.405. The normalized spacial score (nSPS) is 14.5. The molecule has 1 fully saturated rings. The van der Waals surface area contributed by atoms with Gasteiger partial charge in [0.15, 0.2) is 0 Å². The van der Waals surface area contributed by atoms with Gasteiger partial charge in [0.25, 0.3) is 0 Å². The zero-order valence-electron chi connectivity index (χ0n) is 13.7. The number of carbonyl (C=O) groups is 1. The van der Waals surface area contributed by atoms with Crippen molar-refractivity contribution in [2.75, 3.05) is 36.5 Å². The number of amides is 1. The first-order valence-corrected chi connectivity index (χ1v) is 8.09. The molecular formula is C19H21FN2O2. The van der Waals surface area contributed by atoms with Gasteiger partial charge in [-0.1, -0.05) is 12.1 Å². The molecule has 1 heterocycles. The van der Waals surface area contributed by atoms with Gasteiger partial charge in [-0.05, 0) is 48.4 Å². The summed E-state index contributed by atoms with van der Waals surface area (Å²) in [6.07, 6.45) is 0.227. The fourth-order valence-corrected chi connectivity index (χ4v) is 2.79. The van der Waals surface area contributed by atoms with E-state index >= 15 is 0 Å². The smallest absolute Gasteiger partial charge is 0.228 e. The van der Waals surface area contributed by atoms with Crippen LogP contribution in [0, 0.1) is 12.7 Å². The summed E-state index contributed by atoms with van der Waals surface area (Å²) in [5, 5.41) is 2.93. The summed E-state index contributed by atoms with van der Waals surface area (Å²) in [6.45, 7) is 5.24. The molecule has 4 nitrogen and oxygen atoms in total. The highest BCUT2D eigenvalue weighted by molar-refractivity contribution is 5.93. The van der Waals surface area contributed by atoms with E-state index in [1.165, 1.54) is 12.1 Å². The van der Waals surface area contributed by atoms with E-state index in [1.807, 2.05) is 19.1 Å². The highest BCUT2D eigenvalue weighted by Crippen LogP contribution is 2.23. The van der Waals surface area contributed by atoms with Gasteiger partial charge in [0.1, 0.15) is 5.82 Å². The van der Waals surface area contributed by atoms with Gasteiger partial charge in [0, 0.05) is 24.5 Å². The van der Waals surface area contributed by atoms with Crippen molar-refractivity contribution in [3.05, 3.63) is 59.4 Å². The summed E-state index contributed by atoms with van der Waals surface area (Å²) >= 11 is 0. The van der Waals surface area contributed by atoms with Crippen LogP contribution in [-0.2, 0) is 16.0 Å². The fourth-order valence-electron chi connectivity index (χ4n) is 2.79. The second kappa shape index (κ2) is 7.45. The minimum Gasteiger partial charge on any atom is -0.378 e. The summed E-state index contributed by atoms with van der Waals surface area (Å²) < 4.78 is 18.3. The van der Waals surface area contributed by atoms with Crippen molar-refractivity contribution in [1.29, 1.82) is 0 Å². The number of ether oxygens (including phenoxy) is 1. The van der Waals surface area contributed by atoms with Crippen molar-refractivity contribution in [2.45, 2.75) is 13.3 Å². The lowest BCUT2D eigenvalue weighted by Gasteiger charge is -2.29. The number of benzene rings is 2. The van der Waals surface area contributed by atoms with Crippen LogP contribution in [0.5, 0.6) is 0 Å². The zero-order valence-corrected chi connectivity index (χ0v) is 13.7. The molecule has 1 saturated heterocycles. The quantitative estimate of drug-likeness (QED) is 0.937. The first-order chi connectivity index (χ1) is 11.6. The van der Waals surface area contributed by atoms with E-state index in [1.54, 1.807) is 12.1 Å². The van der Waals surface area contributed by atoms with Gasteiger partial charge in [-0.15, -0.1) is 0 Å². The monoisotopic (exact) mass is 328 g/mol. The Balaban J connectivity index is 1.64. The van der Waals surface area contributed by atoms with Crippen LogP contribution in [0.4, 0.5) is 15.8 Å². The van der Waals surface area contributed by atoms with Crippen molar-refractivity contribution < 1.29 is 13.9 Å². The second-order valence-electron chi connectivity index (χ2n) is 5.95. The van der Waals surface area contributed by atoms with Gasteiger partial charge in [-0.3, -0.25) is 4.79 Å². The van der Waals surface area contributed by atoms with Gasteiger partial charge in [-0.25, -0.2) is 4.39 Å². The molecule has 0 saturated carbocycles. The molecule has 0 aliphatic carbocycles. The molecule has 0 atom stereocenters. The molecule has 3 rings (SSSR count). The molecule has 0 radical (unpaired) electrons. The van der Waals surface area contributed by atoms with E-state index in [9.17, 15) is 9.18 Å². The lowest BCUT2D eigenvalue weighted by Crippen LogP contribution is -2.36. The molecular weight excluding hydrogens is 307 g/mol. The Morgan fingerprint density at radius 3 is 2.54 bits per heavy atom. The van der Waals surface area contributed by atoms with E-state index in [0.29, 0.717) is 0 Å². The van der Waals surface area contributed by atoms with Crippen LogP contribution in [0.2, 0.25) is 0 Å². The number of nitrogens with one attached hydrogen (secondary N) is 1. The highest BCUT2D eigenvalue weighted by Gasteiger charge is 2.13. The molecule has 0 unspecified atom stereocenters.